The van der Waals surface area contributed by atoms with Gasteiger partial charge in [0.2, 0.25) is 5.91 Å². The third-order valence-electron chi connectivity index (χ3n) is 7.21. The van der Waals surface area contributed by atoms with Gasteiger partial charge in [-0.15, -0.1) is 0 Å². The number of amides is 1. The third-order valence-corrected chi connectivity index (χ3v) is 7.21. The van der Waals surface area contributed by atoms with Gasteiger partial charge in [0.1, 0.15) is 17.3 Å². The number of carboxylic acids is 1. The van der Waals surface area contributed by atoms with Gasteiger partial charge in [-0.1, -0.05) is 12.1 Å². The van der Waals surface area contributed by atoms with Crippen molar-refractivity contribution in [3.8, 4) is 22.8 Å². The second kappa shape index (κ2) is 12.6. The van der Waals surface area contributed by atoms with Gasteiger partial charge in [0, 0.05) is 23.8 Å². The number of rotatable bonds is 10. The Bertz CT molecular complexity index is 1390. The Hall–Kier alpha value is -4.40. The number of benzene rings is 3. The number of carbonyl (C=O) groups excluding carboxylic acids is 1. The number of piperidine rings is 1. The Kier molecular flexibility index (Phi) is 8.59. The van der Waals surface area contributed by atoms with Crippen LogP contribution in [0.25, 0.3) is 11.3 Å². The molecule has 2 heterocycles. The van der Waals surface area contributed by atoms with Gasteiger partial charge in [-0.05, 0) is 111 Å². The number of aromatic carboxylic acids is 1. The first kappa shape index (κ1) is 27.2. The highest BCUT2D eigenvalue weighted by Gasteiger charge is 2.24. The summed E-state index contributed by atoms with van der Waals surface area (Å²) in [6, 6.07) is 26.2. The minimum atomic E-state index is -0.908. The van der Waals surface area contributed by atoms with Crippen molar-refractivity contribution in [3.05, 3.63) is 102 Å². The van der Waals surface area contributed by atoms with Crippen LogP contribution in [0.3, 0.4) is 0 Å². The fourth-order valence-electron chi connectivity index (χ4n) is 4.96. The highest BCUT2D eigenvalue weighted by Crippen LogP contribution is 2.27. The molecule has 1 aliphatic rings. The molecule has 0 radical (unpaired) electrons. The summed E-state index contributed by atoms with van der Waals surface area (Å²) in [5, 5.41) is 12.0. The molecule has 8 nitrogen and oxygen atoms in total. The molecule has 1 aromatic heterocycles. The van der Waals surface area contributed by atoms with Crippen LogP contribution >= 0.6 is 0 Å². The molecule has 0 saturated carbocycles. The van der Waals surface area contributed by atoms with Crippen molar-refractivity contribution in [2.24, 2.45) is 0 Å². The Balaban J connectivity index is 1.04. The Morgan fingerprint density at radius 1 is 0.950 bits per heavy atom. The predicted octanol–water partition coefficient (Wildman–Crippen LogP) is 5.97. The summed E-state index contributed by atoms with van der Waals surface area (Å²) >= 11 is 0. The first-order chi connectivity index (χ1) is 19.4. The second-order valence-corrected chi connectivity index (χ2v) is 10.1. The van der Waals surface area contributed by atoms with Gasteiger partial charge in [0.15, 0.2) is 0 Å². The zero-order valence-electron chi connectivity index (χ0n) is 22.5. The Labute approximate surface area is 233 Å². The van der Waals surface area contributed by atoms with Crippen molar-refractivity contribution in [1.82, 2.24) is 9.80 Å². The molecule has 3 aromatic carbocycles. The molecule has 5 rings (SSSR count). The molecule has 1 fully saturated rings. The molecule has 0 unspecified atom stereocenters. The van der Waals surface area contributed by atoms with Crippen molar-refractivity contribution >= 4 is 17.6 Å². The molecule has 1 saturated heterocycles. The Morgan fingerprint density at radius 3 is 2.20 bits per heavy atom. The molecule has 206 valence electrons. The maximum Gasteiger partial charge on any atom is 0.335 e. The van der Waals surface area contributed by atoms with Crippen molar-refractivity contribution in [2.45, 2.75) is 25.4 Å². The molecule has 8 heteroatoms. The van der Waals surface area contributed by atoms with Gasteiger partial charge >= 0.3 is 5.97 Å². The largest absolute Gasteiger partial charge is 0.478 e. The molecule has 0 aliphatic carbocycles. The van der Waals surface area contributed by atoms with Crippen LogP contribution < -0.4 is 10.1 Å². The number of hydrogen-bond donors (Lipinski definition) is 2. The standard InChI is InChI=1S/C32H33N3O5/c1-34(27-16-18-35(19-17-27)21-23-4-6-25(7-5-23)32(37)38)22-31(36)33-26-10-14-29(15-11-26)40-28-12-8-24(9-13-28)30-3-2-20-39-30/h2-15,20,27H,16-19,21-22H2,1H3,(H,33,36)(H,37,38). The van der Waals surface area contributed by atoms with Crippen LogP contribution in [0.2, 0.25) is 0 Å². The van der Waals surface area contributed by atoms with E-state index < -0.39 is 5.97 Å². The fourth-order valence-corrected chi connectivity index (χ4v) is 4.96. The number of nitrogens with one attached hydrogen (secondary N) is 1. The molecule has 2 N–H and O–H groups in total. The number of carbonyl (C=O) groups is 2. The number of likely N-dealkylation sites (N-methyl/N-ethyl adjacent to an activating group) is 1. The highest BCUT2D eigenvalue weighted by atomic mass is 16.5. The van der Waals surface area contributed by atoms with Gasteiger partial charge in [0.05, 0.1) is 18.4 Å². The van der Waals surface area contributed by atoms with Gasteiger partial charge < -0.3 is 19.6 Å². The van der Waals surface area contributed by atoms with Gasteiger partial charge in [-0.25, -0.2) is 4.79 Å². The first-order valence-corrected chi connectivity index (χ1v) is 13.4. The van der Waals surface area contributed by atoms with E-state index in [0.29, 0.717) is 23.9 Å². The average molecular weight is 540 g/mol. The van der Waals surface area contributed by atoms with E-state index >= 15 is 0 Å². The van der Waals surface area contributed by atoms with Gasteiger partial charge in [-0.3, -0.25) is 14.6 Å². The predicted molar refractivity (Wildman–Crippen MR) is 154 cm³/mol. The van der Waals surface area contributed by atoms with E-state index in [1.165, 1.54) is 0 Å². The quantitative estimate of drug-likeness (QED) is 0.256. The smallest absolute Gasteiger partial charge is 0.335 e. The molecule has 1 amide bonds. The number of ether oxygens (including phenoxy) is 1. The first-order valence-electron chi connectivity index (χ1n) is 13.4. The molecule has 1 aliphatic heterocycles. The van der Waals surface area contributed by atoms with Crippen molar-refractivity contribution in [2.75, 3.05) is 32.0 Å². The minimum Gasteiger partial charge on any atom is -0.478 e. The van der Waals surface area contributed by atoms with Crippen LogP contribution in [0.15, 0.2) is 95.6 Å². The average Bonchev–Trinajstić information content (AvgIpc) is 3.50. The molecular weight excluding hydrogens is 506 g/mol. The summed E-state index contributed by atoms with van der Waals surface area (Å²) in [4.78, 5) is 28.2. The van der Waals surface area contributed by atoms with E-state index in [9.17, 15) is 9.59 Å². The van der Waals surface area contributed by atoms with Crippen LogP contribution in [0, 0.1) is 0 Å². The van der Waals surface area contributed by atoms with E-state index in [1.807, 2.05) is 79.8 Å². The molecule has 4 aromatic rings. The summed E-state index contributed by atoms with van der Waals surface area (Å²) < 4.78 is 11.4. The zero-order valence-corrected chi connectivity index (χ0v) is 22.5. The third kappa shape index (κ3) is 7.16. The SMILES string of the molecule is CN(CC(=O)Nc1ccc(Oc2ccc(-c3ccco3)cc2)cc1)C1CCN(Cc2ccc(C(=O)O)cc2)CC1. The van der Waals surface area contributed by atoms with E-state index in [1.54, 1.807) is 18.4 Å². The van der Waals surface area contributed by atoms with Crippen LogP contribution in [-0.4, -0.2) is 59.5 Å². The summed E-state index contributed by atoms with van der Waals surface area (Å²) in [7, 11) is 2.00. The molecule has 0 bridgehead atoms. The molecule has 0 atom stereocenters. The van der Waals surface area contributed by atoms with Crippen molar-refractivity contribution in [3.63, 3.8) is 0 Å². The van der Waals surface area contributed by atoms with Gasteiger partial charge in [0.25, 0.3) is 0 Å². The highest BCUT2D eigenvalue weighted by molar-refractivity contribution is 5.92. The zero-order chi connectivity index (χ0) is 27.9. The number of carboxylic acid groups (broad SMARTS) is 1. The summed E-state index contributed by atoms with van der Waals surface area (Å²) in [6.45, 7) is 2.99. The summed E-state index contributed by atoms with van der Waals surface area (Å²) in [5.41, 5.74) is 3.12. The van der Waals surface area contributed by atoms with Crippen LogP contribution in [0.1, 0.15) is 28.8 Å². The van der Waals surface area contributed by atoms with Crippen molar-refractivity contribution in [1.29, 1.82) is 0 Å². The van der Waals surface area contributed by atoms with Crippen LogP contribution in [-0.2, 0) is 11.3 Å². The topological polar surface area (TPSA) is 95.3 Å². The maximum atomic E-state index is 12.7. The molecule has 40 heavy (non-hydrogen) atoms. The Morgan fingerprint density at radius 2 is 1.60 bits per heavy atom. The molecular formula is C32H33N3O5. The summed E-state index contributed by atoms with van der Waals surface area (Å²) in [5.74, 6) is 1.26. The number of hydrogen-bond acceptors (Lipinski definition) is 6. The van der Waals surface area contributed by atoms with E-state index in [4.69, 9.17) is 14.3 Å². The second-order valence-electron chi connectivity index (χ2n) is 10.1. The van der Waals surface area contributed by atoms with Crippen LogP contribution in [0.4, 0.5) is 5.69 Å². The fraction of sp³-hybridized carbons (Fsp3) is 0.250. The van der Waals surface area contributed by atoms with Gasteiger partial charge in [-0.2, -0.15) is 0 Å². The number of anilines is 1. The normalized spacial score (nSPS) is 14.2. The van der Waals surface area contributed by atoms with Crippen LogP contribution in [0.5, 0.6) is 11.5 Å². The number of likely N-dealkylation sites (tertiary alicyclic amines) is 1. The lowest BCUT2D eigenvalue weighted by Crippen LogP contribution is -2.45. The lowest BCUT2D eigenvalue weighted by atomic mass is 10.0. The van der Waals surface area contributed by atoms with E-state index in [0.717, 1.165) is 60.8 Å². The molecule has 0 spiro atoms. The lowest BCUT2D eigenvalue weighted by molar-refractivity contribution is -0.117. The lowest BCUT2D eigenvalue weighted by Gasteiger charge is -2.36. The van der Waals surface area contributed by atoms with Crippen molar-refractivity contribution < 1.29 is 23.8 Å². The maximum absolute atomic E-state index is 12.7. The minimum absolute atomic E-state index is 0.0503. The monoisotopic (exact) mass is 539 g/mol. The summed E-state index contributed by atoms with van der Waals surface area (Å²) in [6.07, 6.45) is 3.61. The number of nitrogens with zero attached hydrogens (tertiary/aromatic N) is 2. The van der Waals surface area contributed by atoms with E-state index in [2.05, 4.69) is 15.1 Å². The van der Waals surface area contributed by atoms with E-state index in [-0.39, 0.29) is 5.91 Å². The number of furan rings is 1.